The van der Waals surface area contributed by atoms with E-state index in [-0.39, 0.29) is 0 Å². The summed E-state index contributed by atoms with van der Waals surface area (Å²) in [7, 11) is 0. The molecule has 4 aliphatic carbocycles. The van der Waals surface area contributed by atoms with Gasteiger partial charge in [-0.2, -0.15) is 0 Å². The summed E-state index contributed by atoms with van der Waals surface area (Å²) in [6.45, 7) is 14.8. The number of carbonyl (C=O) groups is 1. The number of allylic oxidation sites excluding steroid dienone is 2. The number of ketones is 1. The first-order valence-electron chi connectivity index (χ1n) is 13.4. The molecule has 0 unspecified atom stereocenters. The smallest absolute Gasteiger partial charge is 0.133 e. The topological polar surface area (TPSA) is 17.1 Å². The molecular formula is C29H48O. The van der Waals surface area contributed by atoms with E-state index in [1.54, 1.807) is 5.57 Å². The zero-order valence-corrected chi connectivity index (χ0v) is 20.8. The van der Waals surface area contributed by atoms with Crippen LogP contribution in [0.2, 0.25) is 0 Å². The molecule has 0 spiro atoms. The van der Waals surface area contributed by atoms with Crippen LogP contribution >= 0.6 is 0 Å². The molecule has 0 aromatic carbocycles. The Morgan fingerprint density at radius 1 is 1.00 bits per heavy atom. The Morgan fingerprint density at radius 3 is 2.43 bits per heavy atom. The first kappa shape index (κ1) is 22.6. The molecule has 0 aromatic heterocycles. The highest BCUT2D eigenvalue weighted by Gasteiger charge is 2.60. The van der Waals surface area contributed by atoms with E-state index >= 15 is 0 Å². The van der Waals surface area contributed by atoms with E-state index in [9.17, 15) is 4.79 Å². The molecule has 1 nitrogen and oxygen atoms in total. The van der Waals surface area contributed by atoms with Crippen LogP contribution in [-0.4, -0.2) is 5.78 Å². The molecule has 4 rings (SSSR count). The Hall–Kier alpha value is -0.590. The van der Waals surface area contributed by atoms with Crippen molar-refractivity contribution in [2.24, 2.45) is 52.3 Å². The van der Waals surface area contributed by atoms with Crippen LogP contribution in [0, 0.1) is 52.3 Å². The average molecular weight is 413 g/mol. The van der Waals surface area contributed by atoms with Crippen molar-refractivity contribution in [1.82, 2.24) is 0 Å². The Morgan fingerprint density at radius 2 is 1.73 bits per heavy atom. The van der Waals surface area contributed by atoms with Gasteiger partial charge < -0.3 is 0 Å². The van der Waals surface area contributed by atoms with Crippen LogP contribution in [0.5, 0.6) is 0 Å². The molecule has 0 amide bonds. The predicted molar refractivity (Wildman–Crippen MR) is 127 cm³/mol. The van der Waals surface area contributed by atoms with Crippen molar-refractivity contribution in [3.63, 3.8) is 0 Å². The van der Waals surface area contributed by atoms with Gasteiger partial charge in [-0.15, -0.1) is 0 Å². The summed E-state index contributed by atoms with van der Waals surface area (Å²) in [5.74, 6) is 6.50. The molecule has 0 aliphatic heterocycles. The minimum absolute atomic E-state index is 0.458. The number of hydrogen-bond acceptors (Lipinski definition) is 1. The summed E-state index contributed by atoms with van der Waals surface area (Å²) >= 11 is 0. The molecule has 30 heavy (non-hydrogen) atoms. The lowest BCUT2D eigenvalue weighted by atomic mass is 9.44. The third-order valence-corrected chi connectivity index (χ3v) is 11.2. The minimum atomic E-state index is 0.458. The molecular weight excluding hydrogens is 364 g/mol. The highest BCUT2D eigenvalue weighted by Crippen LogP contribution is 2.68. The number of Topliss-reactive ketones (excluding diaryl/α,β-unsaturated/α-hetero) is 1. The van der Waals surface area contributed by atoms with Crippen LogP contribution in [0.3, 0.4) is 0 Å². The van der Waals surface area contributed by atoms with E-state index in [0.717, 1.165) is 42.4 Å². The van der Waals surface area contributed by atoms with E-state index in [4.69, 9.17) is 0 Å². The normalized spacial score (nSPS) is 45.1. The number of carbonyl (C=O) groups excluding carboxylic acids is 1. The molecule has 4 aliphatic rings. The third kappa shape index (κ3) is 3.65. The zero-order valence-electron chi connectivity index (χ0n) is 20.8. The largest absolute Gasteiger partial charge is 0.300 e. The summed E-state index contributed by atoms with van der Waals surface area (Å²) in [4.78, 5) is 12.1. The quantitative estimate of drug-likeness (QED) is 0.415. The molecule has 0 aromatic rings. The second-order valence-corrected chi connectivity index (χ2v) is 12.7. The van der Waals surface area contributed by atoms with Gasteiger partial charge >= 0.3 is 0 Å². The van der Waals surface area contributed by atoms with Gasteiger partial charge in [0.05, 0.1) is 0 Å². The summed E-state index contributed by atoms with van der Waals surface area (Å²) in [6, 6.07) is 0. The van der Waals surface area contributed by atoms with E-state index in [0.29, 0.717) is 28.4 Å². The molecule has 8 atom stereocenters. The van der Waals surface area contributed by atoms with Crippen LogP contribution in [-0.2, 0) is 4.79 Å². The highest BCUT2D eigenvalue weighted by molar-refractivity contribution is 5.79. The maximum absolute atomic E-state index is 12.1. The number of fused-ring (bicyclic) bond motifs is 5. The van der Waals surface area contributed by atoms with Crippen LogP contribution < -0.4 is 0 Å². The fourth-order valence-corrected chi connectivity index (χ4v) is 9.38. The first-order chi connectivity index (χ1) is 14.2. The second-order valence-electron chi connectivity index (χ2n) is 12.7. The Kier molecular flexibility index (Phi) is 6.33. The van der Waals surface area contributed by atoms with Crippen molar-refractivity contribution in [2.75, 3.05) is 0 Å². The monoisotopic (exact) mass is 412 g/mol. The maximum Gasteiger partial charge on any atom is 0.133 e. The molecule has 170 valence electrons. The summed E-state index contributed by atoms with van der Waals surface area (Å²) in [6.07, 6.45) is 16.6. The van der Waals surface area contributed by atoms with Gasteiger partial charge in [-0.05, 0) is 117 Å². The van der Waals surface area contributed by atoms with Gasteiger partial charge in [-0.25, -0.2) is 0 Å². The summed E-state index contributed by atoms with van der Waals surface area (Å²) < 4.78 is 0. The third-order valence-electron chi connectivity index (χ3n) is 11.2. The van der Waals surface area contributed by atoms with Crippen molar-refractivity contribution in [2.45, 2.75) is 112 Å². The van der Waals surface area contributed by atoms with Gasteiger partial charge in [-0.3, -0.25) is 4.79 Å². The second kappa shape index (κ2) is 8.40. The van der Waals surface area contributed by atoms with Gasteiger partial charge in [-0.1, -0.05) is 46.3 Å². The van der Waals surface area contributed by atoms with Crippen molar-refractivity contribution in [3.8, 4) is 0 Å². The van der Waals surface area contributed by atoms with Gasteiger partial charge in [0.25, 0.3) is 0 Å². The van der Waals surface area contributed by atoms with Crippen molar-refractivity contribution in [3.05, 3.63) is 11.6 Å². The van der Waals surface area contributed by atoms with Gasteiger partial charge in [0.1, 0.15) is 5.78 Å². The van der Waals surface area contributed by atoms with E-state index in [2.05, 4.69) is 47.6 Å². The van der Waals surface area contributed by atoms with Gasteiger partial charge in [0.2, 0.25) is 0 Å². The maximum atomic E-state index is 12.1. The fourth-order valence-electron chi connectivity index (χ4n) is 9.38. The van der Waals surface area contributed by atoms with Crippen LogP contribution in [0.25, 0.3) is 0 Å². The SMILES string of the molecule is C/C=C(/CC[C@@H](C)[C@H]1CC[C@H]2[C@@H]3CC[C@H]4CC(=O)CC[C@]4(C)[C@H]3CC[C@]12C)C(C)C. The Labute approximate surface area is 186 Å². The lowest BCUT2D eigenvalue weighted by Gasteiger charge is -2.60. The molecule has 4 saturated carbocycles. The average Bonchev–Trinajstić information content (AvgIpc) is 3.06. The molecule has 1 heteroatoms. The Bertz CT molecular complexity index is 674. The first-order valence-corrected chi connectivity index (χ1v) is 13.4. The van der Waals surface area contributed by atoms with Crippen molar-refractivity contribution in [1.29, 1.82) is 0 Å². The molecule has 4 fully saturated rings. The van der Waals surface area contributed by atoms with Gasteiger partial charge in [0.15, 0.2) is 0 Å². The molecule has 0 saturated heterocycles. The predicted octanol–water partition coefficient (Wildman–Crippen LogP) is 8.23. The number of rotatable bonds is 5. The summed E-state index contributed by atoms with van der Waals surface area (Å²) in [5, 5.41) is 0. The molecule has 0 bridgehead atoms. The van der Waals surface area contributed by atoms with E-state index in [1.165, 1.54) is 57.8 Å². The molecule has 0 radical (unpaired) electrons. The highest BCUT2D eigenvalue weighted by atomic mass is 16.1. The van der Waals surface area contributed by atoms with Crippen LogP contribution in [0.4, 0.5) is 0 Å². The fraction of sp³-hybridized carbons (Fsp3) is 0.897. The van der Waals surface area contributed by atoms with Crippen LogP contribution in [0.15, 0.2) is 11.6 Å². The molecule has 0 N–H and O–H groups in total. The van der Waals surface area contributed by atoms with Crippen molar-refractivity contribution < 1.29 is 4.79 Å². The standard InChI is InChI=1S/C29H48O/c1-7-21(19(2)3)9-8-20(4)25-12-13-26-24-11-10-22-18-23(30)14-16-28(22,5)27(24)15-17-29(25,26)6/h7,19-20,22,24-27H,8-18H2,1-6H3/b21-7-/t20-,22+,24+,25-,26+,27+,28+,29-/m1/s1. The molecule has 0 heterocycles. The Balaban J connectivity index is 1.47. The number of hydrogen-bond donors (Lipinski definition) is 0. The van der Waals surface area contributed by atoms with E-state index < -0.39 is 0 Å². The van der Waals surface area contributed by atoms with Crippen LogP contribution in [0.1, 0.15) is 112 Å². The minimum Gasteiger partial charge on any atom is -0.300 e. The van der Waals surface area contributed by atoms with Gasteiger partial charge in [0, 0.05) is 12.8 Å². The summed E-state index contributed by atoms with van der Waals surface area (Å²) in [5.41, 5.74) is 2.69. The lowest BCUT2D eigenvalue weighted by Crippen LogP contribution is -2.53. The zero-order chi connectivity index (χ0) is 21.7. The lowest BCUT2D eigenvalue weighted by molar-refractivity contribution is -0.140. The van der Waals surface area contributed by atoms with Crippen molar-refractivity contribution >= 4 is 5.78 Å². The van der Waals surface area contributed by atoms with E-state index in [1.807, 2.05) is 0 Å².